The zero-order chi connectivity index (χ0) is 19.5. The van der Waals surface area contributed by atoms with Crippen molar-refractivity contribution < 1.29 is 9.59 Å². The van der Waals surface area contributed by atoms with Crippen LogP contribution in [0.25, 0.3) is 0 Å². The van der Waals surface area contributed by atoms with Crippen molar-refractivity contribution in [3.05, 3.63) is 64.7 Å². The minimum Gasteiger partial charge on any atom is -0.333 e. The van der Waals surface area contributed by atoms with Crippen molar-refractivity contribution >= 4 is 29.1 Å². The van der Waals surface area contributed by atoms with E-state index in [1.165, 1.54) is 0 Å². The molecule has 2 fully saturated rings. The van der Waals surface area contributed by atoms with Gasteiger partial charge in [-0.25, -0.2) is 0 Å². The van der Waals surface area contributed by atoms with Gasteiger partial charge in [-0.1, -0.05) is 35.9 Å². The number of hydrogen-bond acceptors (Lipinski definition) is 3. The Bertz CT molecular complexity index is 864. The minimum absolute atomic E-state index is 0.0166. The van der Waals surface area contributed by atoms with Crippen molar-refractivity contribution in [3.63, 3.8) is 0 Å². The van der Waals surface area contributed by atoms with Gasteiger partial charge >= 0.3 is 0 Å². The monoisotopic (exact) mass is 397 g/mol. The molecule has 2 N–H and O–H groups in total. The summed E-state index contributed by atoms with van der Waals surface area (Å²) in [7, 11) is 0. The molecule has 1 unspecified atom stereocenters. The number of nitrogens with one attached hydrogen (secondary N) is 2. The molecule has 0 spiro atoms. The maximum absolute atomic E-state index is 13.0. The number of carbonyl (C=O) groups is 2. The highest BCUT2D eigenvalue weighted by Crippen LogP contribution is 2.30. The summed E-state index contributed by atoms with van der Waals surface area (Å²) in [6, 6.07) is 15.3. The molecule has 4 rings (SSSR count). The van der Waals surface area contributed by atoms with E-state index < -0.39 is 0 Å². The largest absolute Gasteiger partial charge is 0.333 e. The lowest BCUT2D eigenvalue weighted by atomic mass is 10.0. The Balaban J connectivity index is 1.41. The predicted molar refractivity (Wildman–Crippen MR) is 110 cm³/mol. The molecule has 2 aromatic carbocycles. The van der Waals surface area contributed by atoms with E-state index in [1.54, 1.807) is 0 Å². The summed E-state index contributed by atoms with van der Waals surface area (Å²) in [5, 5.41) is 6.97. The van der Waals surface area contributed by atoms with E-state index in [4.69, 9.17) is 11.6 Å². The predicted octanol–water partition coefficient (Wildman–Crippen LogP) is 3.40. The highest BCUT2D eigenvalue weighted by atomic mass is 35.5. The van der Waals surface area contributed by atoms with Crippen LogP contribution < -0.4 is 10.6 Å². The Hall–Kier alpha value is -2.37. The molecule has 1 atom stereocenters. The van der Waals surface area contributed by atoms with Crippen LogP contribution in [0.5, 0.6) is 0 Å². The number of benzene rings is 2. The highest BCUT2D eigenvalue weighted by molar-refractivity contribution is 6.30. The summed E-state index contributed by atoms with van der Waals surface area (Å²) in [6.45, 7) is 2.18. The van der Waals surface area contributed by atoms with Crippen molar-refractivity contribution in [2.75, 3.05) is 25.0 Å². The number of nitrogens with zero attached hydrogens (tertiary/aromatic N) is 1. The van der Waals surface area contributed by atoms with Crippen LogP contribution in [-0.2, 0) is 16.0 Å². The zero-order valence-electron chi connectivity index (χ0n) is 15.7. The SMILES string of the molecule is O=C(Nc1ccc(CC(=O)N2CCNCC2c2cccc(Cl)c2)cc1)C1CC1. The molecule has 146 valence electrons. The van der Waals surface area contributed by atoms with Crippen LogP contribution in [0.15, 0.2) is 48.5 Å². The smallest absolute Gasteiger partial charge is 0.227 e. The lowest BCUT2D eigenvalue weighted by Crippen LogP contribution is -2.49. The minimum atomic E-state index is -0.0166. The number of amides is 2. The van der Waals surface area contributed by atoms with E-state index in [0.29, 0.717) is 18.0 Å². The first-order valence-corrected chi connectivity index (χ1v) is 10.1. The van der Waals surface area contributed by atoms with Crippen LogP contribution in [0.4, 0.5) is 5.69 Å². The van der Waals surface area contributed by atoms with Crippen LogP contribution in [-0.4, -0.2) is 36.3 Å². The third-order valence-corrected chi connectivity index (χ3v) is 5.56. The Morgan fingerprint density at radius 1 is 1.14 bits per heavy atom. The molecule has 1 saturated heterocycles. The van der Waals surface area contributed by atoms with Crippen LogP contribution in [0.3, 0.4) is 0 Å². The number of piperazine rings is 1. The summed E-state index contributed by atoms with van der Waals surface area (Å²) in [5.41, 5.74) is 2.77. The molecule has 0 aromatic heterocycles. The molecule has 1 aliphatic carbocycles. The molecule has 1 heterocycles. The van der Waals surface area contributed by atoms with Gasteiger partial charge in [-0.3, -0.25) is 9.59 Å². The average Bonchev–Trinajstić information content (AvgIpc) is 3.55. The van der Waals surface area contributed by atoms with Crippen LogP contribution in [0.1, 0.15) is 30.0 Å². The first-order chi connectivity index (χ1) is 13.6. The van der Waals surface area contributed by atoms with Gasteiger partial charge in [0, 0.05) is 36.3 Å². The second-order valence-corrected chi connectivity index (χ2v) is 7.94. The molecule has 1 aliphatic heterocycles. The first-order valence-electron chi connectivity index (χ1n) is 9.75. The summed E-state index contributed by atoms with van der Waals surface area (Å²) in [6.07, 6.45) is 2.31. The Kier molecular flexibility index (Phi) is 5.64. The van der Waals surface area contributed by atoms with Gasteiger partial charge in [0.25, 0.3) is 0 Å². The molecule has 2 aromatic rings. The third kappa shape index (κ3) is 4.54. The fourth-order valence-electron chi connectivity index (χ4n) is 3.59. The number of hydrogen-bond donors (Lipinski definition) is 2. The first kappa shape index (κ1) is 19.0. The molecule has 5 nitrogen and oxygen atoms in total. The molecule has 28 heavy (non-hydrogen) atoms. The van der Waals surface area contributed by atoms with E-state index in [9.17, 15) is 9.59 Å². The van der Waals surface area contributed by atoms with Crippen LogP contribution in [0.2, 0.25) is 5.02 Å². The van der Waals surface area contributed by atoms with Gasteiger partial charge in [-0.05, 0) is 48.2 Å². The molecule has 0 radical (unpaired) electrons. The number of halogens is 1. The van der Waals surface area contributed by atoms with Crippen molar-refractivity contribution in [2.24, 2.45) is 5.92 Å². The van der Waals surface area contributed by atoms with Gasteiger partial charge < -0.3 is 15.5 Å². The zero-order valence-corrected chi connectivity index (χ0v) is 16.4. The maximum atomic E-state index is 13.0. The molecule has 2 aliphatic rings. The van der Waals surface area contributed by atoms with Gasteiger partial charge in [0.05, 0.1) is 12.5 Å². The highest BCUT2D eigenvalue weighted by Gasteiger charge is 2.30. The van der Waals surface area contributed by atoms with Crippen molar-refractivity contribution in [1.82, 2.24) is 10.2 Å². The topological polar surface area (TPSA) is 61.4 Å². The summed E-state index contributed by atoms with van der Waals surface area (Å²) in [5.74, 6) is 0.368. The second-order valence-electron chi connectivity index (χ2n) is 7.50. The van der Waals surface area contributed by atoms with E-state index in [-0.39, 0.29) is 23.8 Å². The standard InChI is InChI=1S/C22H24ClN3O2/c23-18-3-1-2-17(13-18)20-14-24-10-11-26(20)21(27)12-15-4-8-19(9-5-15)25-22(28)16-6-7-16/h1-5,8-9,13,16,20,24H,6-7,10-12,14H2,(H,25,28). The normalized spacial score (nSPS) is 19.3. The van der Waals surface area contributed by atoms with Gasteiger partial charge in [-0.2, -0.15) is 0 Å². The van der Waals surface area contributed by atoms with E-state index in [0.717, 1.165) is 42.7 Å². The van der Waals surface area contributed by atoms with Crippen molar-refractivity contribution in [2.45, 2.75) is 25.3 Å². The van der Waals surface area contributed by atoms with E-state index in [2.05, 4.69) is 10.6 Å². The average molecular weight is 398 g/mol. The number of carbonyl (C=O) groups excluding carboxylic acids is 2. The van der Waals surface area contributed by atoms with Crippen LogP contribution in [0, 0.1) is 5.92 Å². The fourth-order valence-corrected chi connectivity index (χ4v) is 3.79. The van der Waals surface area contributed by atoms with Gasteiger partial charge in [-0.15, -0.1) is 0 Å². The van der Waals surface area contributed by atoms with Crippen molar-refractivity contribution in [1.29, 1.82) is 0 Å². The number of anilines is 1. The number of rotatable bonds is 5. The van der Waals surface area contributed by atoms with Crippen molar-refractivity contribution in [3.8, 4) is 0 Å². The quantitative estimate of drug-likeness (QED) is 0.812. The summed E-state index contributed by atoms with van der Waals surface area (Å²) < 4.78 is 0. The third-order valence-electron chi connectivity index (χ3n) is 5.32. The Labute approximate surface area is 170 Å². The Morgan fingerprint density at radius 3 is 2.64 bits per heavy atom. The van der Waals surface area contributed by atoms with E-state index in [1.807, 2.05) is 53.4 Å². The van der Waals surface area contributed by atoms with Gasteiger partial charge in [0.1, 0.15) is 0 Å². The van der Waals surface area contributed by atoms with Gasteiger partial charge in [0.15, 0.2) is 0 Å². The fraction of sp³-hybridized carbons (Fsp3) is 0.364. The molecule has 1 saturated carbocycles. The van der Waals surface area contributed by atoms with Gasteiger partial charge in [0.2, 0.25) is 11.8 Å². The molecule has 6 heteroatoms. The summed E-state index contributed by atoms with van der Waals surface area (Å²) >= 11 is 6.14. The lowest BCUT2D eigenvalue weighted by Gasteiger charge is -2.36. The molecule has 2 amide bonds. The second kappa shape index (κ2) is 8.33. The maximum Gasteiger partial charge on any atom is 0.227 e. The van der Waals surface area contributed by atoms with E-state index >= 15 is 0 Å². The Morgan fingerprint density at radius 2 is 1.93 bits per heavy atom. The van der Waals surface area contributed by atoms with Crippen LogP contribution >= 0.6 is 11.6 Å². The lowest BCUT2D eigenvalue weighted by molar-refractivity contribution is -0.133. The summed E-state index contributed by atoms with van der Waals surface area (Å²) in [4.78, 5) is 26.8. The molecular formula is C22H24ClN3O2. The molecular weight excluding hydrogens is 374 g/mol. The molecule has 0 bridgehead atoms.